The molecule has 0 saturated heterocycles. The Morgan fingerprint density at radius 1 is 1.45 bits per heavy atom. The first-order valence-corrected chi connectivity index (χ1v) is 4.32. The Morgan fingerprint density at radius 2 is 2.27 bits per heavy atom. The largest absolute Gasteiger partial charge is 0.260 e. The summed E-state index contributed by atoms with van der Waals surface area (Å²) in [7, 11) is 0. The monoisotopic (exact) mass is 259 g/mol. The zero-order valence-electron chi connectivity index (χ0n) is 5.93. The van der Waals surface area contributed by atoms with Crippen LogP contribution in [0, 0.1) is 10.6 Å². The van der Waals surface area contributed by atoms with Crippen molar-refractivity contribution in [1.82, 2.24) is 15.2 Å². The van der Waals surface area contributed by atoms with E-state index in [0.717, 1.165) is 20.4 Å². The number of hydrogen-bond donors (Lipinski definition) is 1. The number of nitrogens with one attached hydrogen (secondary N) is 1. The molecule has 2 rings (SSSR count). The van der Waals surface area contributed by atoms with Crippen LogP contribution >= 0.6 is 22.6 Å². The highest BCUT2D eigenvalue weighted by molar-refractivity contribution is 14.1. The third-order valence-electron chi connectivity index (χ3n) is 1.52. The molecule has 0 bridgehead atoms. The number of aromatic amines is 1. The fourth-order valence-electron chi connectivity index (χ4n) is 0.971. The van der Waals surface area contributed by atoms with E-state index in [2.05, 4.69) is 37.8 Å². The van der Waals surface area contributed by atoms with Crippen LogP contribution in [0.15, 0.2) is 12.1 Å². The zero-order chi connectivity index (χ0) is 7.84. The van der Waals surface area contributed by atoms with Crippen molar-refractivity contribution in [2.75, 3.05) is 0 Å². The number of hydrogen-bond acceptors (Lipinski definition) is 2. The van der Waals surface area contributed by atoms with Gasteiger partial charge in [0.15, 0.2) is 5.65 Å². The predicted octanol–water partition coefficient (Wildman–Crippen LogP) is 1.87. The van der Waals surface area contributed by atoms with E-state index in [0.29, 0.717) is 0 Å². The van der Waals surface area contributed by atoms with Gasteiger partial charge in [-0.1, -0.05) is 0 Å². The lowest BCUT2D eigenvalue weighted by molar-refractivity contribution is 1.07. The molecule has 56 valence electrons. The number of aryl methyl sites for hydroxylation is 1. The number of rotatable bonds is 0. The molecule has 2 aromatic rings. The maximum atomic E-state index is 4.27. The highest BCUT2D eigenvalue weighted by Gasteiger charge is 2.01. The van der Waals surface area contributed by atoms with Crippen LogP contribution < -0.4 is 0 Å². The van der Waals surface area contributed by atoms with Gasteiger partial charge in [0.05, 0.1) is 5.39 Å². The van der Waals surface area contributed by atoms with Crippen molar-refractivity contribution >= 4 is 33.6 Å². The molecule has 0 aliphatic carbocycles. The van der Waals surface area contributed by atoms with E-state index < -0.39 is 0 Å². The highest BCUT2D eigenvalue weighted by Crippen LogP contribution is 2.15. The van der Waals surface area contributed by atoms with Gasteiger partial charge in [0.25, 0.3) is 0 Å². The predicted molar refractivity (Wildman–Crippen MR) is 51.3 cm³/mol. The topological polar surface area (TPSA) is 41.6 Å². The Hall–Kier alpha value is -0.650. The van der Waals surface area contributed by atoms with Crippen molar-refractivity contribution in [3.05, 3.63) is 21.5 Å². The summed E-state index contributed by atoms with van der Waals surface area (Å²) >= 11 is 2.18. The van der Waals surface area contributed by atoms with E-state index in [1.165, 1.54) is 0 Å². The SMILES string of the molecule is Cc1ccc2c(I)n[nH]c2n1. The summed E-state index contributed by atoms with van der Waals surface area (Å²) in [6.45, 7) is 1.97. The fourth-order valence-corrected chi connectivity index (χ4v) is 1.53. The summed E-state index contributed by atoms with van der Waals surface area (Å²) in [5.74, 6) is 0. The Balaban J connectivity index is 2.86. The molecule has 0 saturated carbocycles. The van der Waals surface area contributed by atoms with Crippen molar-refractivity contribution in [2.24, 2.45) is 0 Å². The van der Waals surface area contributed by atoms with Crippen molar-refractivity contribution in [3.63, 3.8) is 0 Å². The summed E-state index contributed by atoms with van der Waals surface area (Å²) in [5.41, 5.74) is 1.88. The number of fused-ring (bicyclic) bond motifs is 1. The van der Waals surface area contributed by atoms with Crippen LogP contribution in [0.25, 0.3) is 11.0 Å². The minimum atomic E-state index is 0.870. The average Bonchev–Trinajstić information content (AvgIpc) is 2.32. The van der Waals surface area contributed by atoms with Crippen molar-refractivity contribution in [2.45, 2.75) is 6.92 Å². The van der Waals surface area contributed by atoms with Gasteiger partial charge >= 0.3 is 0 Å². The fraction of sp³-hybridized carbons (Fsp3) is 0.143. The van der Waals surface area contributed by atoms with Gasteiger partial charge < -0.3 is 0 Å². The lowest BCUT2D eigenvalue weighted by atomic mass is 10.3. The van der Waals surface area contributed by atoms with Crippen molar-refractivity contribution in [1.29, 1.82) is 0 Å². The molecule has 1 N–H and O–H groups in total. The molecule has 0 unspecified atom stereocenters. The molecular weight excluding hydrogens is 253 g/mol. The first-order valence-electron chi connectivity index (χ1n) is 3.24. The molecule has 0 amide bonds. The number of nitrogens with zero attached hydrogens (tertiary/aromatic N) is 2. The molecular formula is C7H6IN3. The molecule has 0 aliphatic heterocycles. The summed E-state index contributed by atoms with van der Waals surface area (Å²) in [4.78, 5) is 4.27. The Labute approximate surface area is 77.4 Å². The van der Waals surface area contributed by atoms with Crippen LogP contribution in [0.3, 0.4) is 0 Å². The van der Waals surface area contributed by atoms with E-state index in [4.69, 9.17) is 0 Å². The van der Waals surface area contributed by atoms with Crippen molar-refractivity contribution < 1.29 is 0 Å². The molecule has 3 nitrogen and oxygen atoms in total. The maximum Gasteiger partial charge on any atom is 0.156 e. The molecule has 0 atom stereocenters. The minimum absolute atomic E-state index is 0.870. The number of pyridine rings is 1. The summed E-state index contributed by atoms with van der Waals surface area (Å²) in [5, 5.41) is 7.99. The van der Waals surface area contributed by atoms with Gasteiger partial charge in [-0.25, -0.2) is 4.98 Å². The number of halogens is 1. The molecule has 0 aliphatic rings. The highest BCUT2D eigenvalue weighted by atomic mass is 127. The molecule has 0 aromatic carbocycles. The molecule has 0 radical (unpaired) electrons. The van der Waals surface area contributed by atoms with Gasteiger partial charge in [0, 0.05) is 5.69 Å². The van der Waals surface area contributed by atoms with E-state index >= 15 is 0 Å². The molecule has 0 fully saturated rings. The summed E-state index contributed by atoms with van der Waals surface area (Å²) in [6.07, 6.45) is 0. The van der Waals surface area contributed by atoms with Crippen LogP contribution in [0.5, 0.6) is 0 Å². The van der Waals surface area contributed by atoms with E-state index in [-0.39, 0.29) is 0 Å². The van der Waals surface area contributed by atoms with Gasteiger partial charge in [-0.3, -0.25) is 5.10 Å². The third-order valence-corrected chi connectivity index (χ3v) is 2.34. The van der Waals surface area contributed by atoms with Gasteiger partial charge in [0.2, 0.25) is 0 Å². The van der Waals surface area contributed by atoms with Crippen LogP contribution in [0.4, 0.5) is 0 Å². The second-order valence-corrected chi connectivity index (χ2v) is 3.39. The second-order valence-electron chi connectivity index (χ2n) is 2.36. The van der Waals surface area contributed by atoms with Crippen molar-refractivity contribution in [3.8, 4) is 0 Å². The summed E-state index contributed by atoms with van der Waals surface area (Å²) < 4.78 is 0.977. The maximum absolute atomic E-state index is 4.27. The lowest BCUT2D eigenvalue weighted by Gasteiger charge is -1.89. The van der Waals surface area contributed by atoms with Gasteiger partial charge in [-0.05, 0) is 41.6 Å². The van der Waals surface area contributed by atoms with E-state index in [9.17, 15) is 0 Å². The smallest absolute Gasteiger partial charge is 0.156 e. The zero-order valence-corrected chi connectivity index (χ0v) is 8.08. The van der Waals surface area contributed by atoms with Crippen LogP contribution in [0.2, 0.25) is 0 Å². The average molecular weight is 259 g/mol. The Morgan fingerprint density at radius 3 is 3.09 bits per heavy atom. The molecule has 2 aromatic heterocycles. The van der Waals surface area contributed by atoms with Crippen LogP contribution in [-0.2, 0) is 0 Å². The third kappa shape index (κ3) is 1.11. The minimum Gasteiger partial charge on any atom is -0.260 e. The lowest BCUT2D eigenvalue weighted by Crippen LogP contribution is -1.80. The number of aromatic nitrogens is 3. The number of H-pyrrole nitrogens is 1. The van der Waals surface area contributed by atoms with Gasteiger partial charge in [-0.15, -0.1) is 0 Å². The second kappa shape index (κ2) is 2.44. The molecule has 4 heteroatoms. The first-order chi connectivity index (χ1) is 5.27. The summed E-state index contributed by atoms with van der Waals surface area (Å²) in [6, 6.07) is 4.02. The van der Waals surface area contributed by atoms with Crippen LogP contribution in [-0.4, -0.2) is 15.2 Å². The Bertz CT molecular complexity index is 393. The Kier molecular flexibility index (Phi) is 1.56. The van der Waals surface area contributed by atoms with Gasteiger partial charge in [0.1, 0.15) is 3.70 Å². The van der Waals surface area contributed by atoms with Gasteiger partial charge in [-0.2, -0.15) is 5.10 Å². The molecule has 11 heavy (non-hydrogen) atoms. The van der Waals surface area contributed by atoms with Crippen LogP contribution in [0.1, 0.15) is 5.69 Å². The molecule has 0 spiro atoms. The standard InChI is InChI=1S/C7H6IN3/c1-4-2-3-5-6(8)10-11-7(5)9-4/h2-3H,1H3,(H,9,10,11). The normalized spacial score (nSPS) is 10.7. The first kappa shape index (κ1) is 7.02. The van der Waals surface area contributed by atoms with E-state index in [1.807, 2.05) is 19.1 Å². The van der Waals surface area contributed by atoms with E-state index in [1.54, 1.807) is 0 Å². The molecule has 2 heterocycles. The quantitative estimate of drug-likeness (QED) is 0.734.